The van der Waals surface area contributed by atoms with Gasteiger partial charge in [-0.25, -0.2) is 9.59 Å². The molecule has 0 bridgehead atoms. The minimum absolute atomic E-state index is 0.0710. The normalized spacial score (nSPS) is 16.9. The van der Waals surface area contributed by atoms with Crippen LogP contribution in [0.15, 0.2) is 79.0 Å². The fourth-order valence-electron chi connectivity index (χ4n) is 7.25. The Kier molecular flexibility index (Phi) is 16.0. The van der Waals surface area contributed by atoms with E-state index in [1.165, 1.54) is 0 Å². The number of amides is 2. The predicted octanol–water partition coefficient (Wildman–Crippen LogP) is 7.47. The number of alkyl halides is 6. The van der Waals surface area contributed by atoms with Crippen LogP contribution < -0.4 is 10.2 Å². The first kappa shape index (κ1) is 46.6. The van der Waals surface area contributed by atoms with Gasteiger partial charge in [-0.3, -0.25) is 9.59 Å². The maximum atomic E-state index is 14.8. The fraction of sp³-hybridized carbons (Fsp3) is 0.415. The Morgan fingerprint density at radius 2 is 1.46 bits per heavy atom. The van der Waals surface area contributed by atoms with Crippen molar-refractivity contribution in [2.45, 2.75) is 50.5 Å². The van der Waals surface area contributed by atoms with E-state index in [-0.39, 0.29) is 17.7 Å². The zero-order valence-electron chi connectivity index (χ0n) is 32.5. The summed E-state index contributed by atoms with van der Waals surface area (Å²) < 4.78 is 63.5. The molecule has 320 valence electrons. The van der Waals surface area contributed by atoms with Gasteiger partial charge in [0.1, 0.15) is 0 Å². The van der Waals surface area contributed by atoms with Crippen LogP contribution in [0.3, 0.4) is 0 Å². The molecule has 3 aromatic carbocycles. The van der Waals surface area contributed by atoms with E-state index < -0.39 is 30.3 Å². The van der Waals surface area contributed by atoms with E-state index in [0.29, 0.717) is 23.4 Å². The van der Waals surface area contributed by atoms with Crippen molar-refractivity contribution in [3.05, 3.63) is 101 Å². The highest BCUT2D eigenvalue weighted by Crippen LogP contribution is 2.35. The van der Waals surface area contributed by atoms with Crippen molar-refractivity contribution >= 4 is 51.9 Å². The predicted molar refractivity (Wildman–Crippen MR) is 211 cm³/mol. The van der Waals surface area contributed by atoms with Crippen LogP contribution in [-0.2, 0) is 20.8 Å². The third kappa shape index (κ3) is 12.9. The van der Waals surface area contributed by atoms with Crippen LogP contribution in [0, 0.1) is 11.8 Å². The van der Waals surface area contributed by atoms with Gasteiger partial charge in [0.15, 0.2) is 0 Å². The Balaban J connectivity index is 0.000000471. The van der Waals surface area contributed by atoms with E-state index in [1.54, 1.807) is 0 Å². The molecule has 2 aliphatic rings. The molecule has 2 aliphatic heterocycles. The molecule has 0 saturated carbocycles. The lowest BCUT2D eigenvalue weighted by Gasteiger charge is -2.39. The number of nitrogens with zero attached hydrogens (tertiary/aromatic N) is 3. The molecule has 4 N–H and O–H groups in total. The molecule has 4 aromatic rings. The fourth-order valence-corrected chi connectivity index (χ4v) is 7.45. The van der Waals surface area contributed by atoms with Gasteiger partial charge in [-0.15, -0.1) is 0 Å². The third-order valence-corrected chi connectivity index (χ3v) is 10.3. The molecule has 0 spiro atoms. The van der Waals surface area contributed by atoms with E-state index in [4.69, 9.17) is 31.4 Å². The van der Waals surface area contributed by atoms with Crippen molar-refractivity contribution in [2.24, 2.45) is 11.8 Å². The summed E-state index contributed by atoms with van der Waals surface area (Å²) in [4.78, 5) is 55.2. The summed E-state index contributed by atoms with van der Waals surface area (Å²) in [5.41, 5.74) is 5.04. The summed E-state index contributed by atoms with van der Waals surface area (Å²) in [6.45, 7) is 5.90. The number of halogens is 7. The SMILES string of the molecule is CC(c1c[nH]c2ccccc12)C(NCC1CCN(C(=O)c2ccccc2)CC1)C(=O)N1C[C@@H](CN(C)C)Cc2cc(Cl)ccc21.O=C(O)C(F)(F)F.O=C(O)C(F)(F)F. The van der Waals surface area contributed by atoms with Gasteiger partial charge in [0, 0.05) is 65.5 Å². The summed E-state index contributed by atoms with van der Waals surface area (Å²) in [7, 11) is 4.17. The van der Waals surface area contributed by atoms with Crippen molar-refractivity contribution in [1.29, 1.82) is 0 Å². The quantitative estimate of drug-likeness (QED) is 0.127. The number of nitrogens with one attached hydrogen (secondary N) is 2. The van der Waals surface area contributed by atoms with Crippen molar-refractivity contribution in [3.63, 3.8) is 0 Å². The highest BCUT2D eigenvalue weighted by atomic mass is 35.5. The molecule has 1 saturated heterocycles. The summed E-state index contributed by atoms with van der Waals surface area (Å²) >= 11 is 6.44. The molecular formula is C41H46ClF6N5O6. The highest BCUT2D eigenvalue weighted by Gasteiger charge is 2.39. The van der Waals surface area contributed by atoms with Crippen molar-refractivity contribution in [1.82, 2.24) is 20.1 Å². The van der Waals surface area contributed by atoms with E-state index in [1.807, 2.05) is 64.4 Å². The third-order valence-electron chi connectivity index (χ3n) is 10.1. The van der Waals surface area contributed by atoms with Crippen LogP contribution in [-0.4, -0.2) is 114 Å². The molecular weight excluding hydrogens is 808 g/mol. The van der Waals surface area contributed by atoms with Gasteiger partial charge in [0.2, 0.25) is 5.91 Å². The largest absolute Gasteiger partial charge is 0.490 e. The number of carboxylic acids is 2. The monoisotopic (exact) mass is 853 g/mol. The molecule has 1 aromatic heterocycles. The molecule has 18 heteroatoms. The number of piperidine rings is 1. The van der Waals surface area contributed by atoms with Gasteiger partial charge < -0.3 is 35.2 Å². The van der Waals surface area contributed by atoms with E-state index in [0.717, 1.165) is 78.7 Å². The van der Waals surface area contributed by atoms with Crippen LogP contribution >= 0.6 is 11.6 Å². The Hall–Kier alpha value is -5.13. The number of hydrogen-bond acceptors (Lipinski definition) is 6. The number of likely N-dealkylation sites (tertiary alicyclic amines) is 1. The van der Waals surface area contributed by atoms with Crippen LogP contribution in [0.5, 0.6) is 0 Å². The molecule has 0 radical (unpaired) electrons. The average Bonchev–Trinajstić information content (AvgIpc) is 3.61. The van der Waals surface area contributed by atoms with Crippen molar-refractivity contribution in [2.75, 3.05) is 51.7 Å². The second-order valence-corrected chi connectivity index (χ2v) is 15.2. The molecule has 11 nitrogen and oxygen atoms in total. The maximum absolute atomic E-state index is 14.8. The van der Waals surface area contributed by atoms with Crippen molar-refractivity contribution < 1.29 is 55.7 Å². The second-order valence-electron chi connectivity index (χ2n) is 14.7. The maximum Gasteiger partial charge on any atom is 0.490 e. The number of aliphatic carboxylic acids is 2. The smallest absolute Gasteiger partial charge is 0.475 e. The molecule has 3 atom stereocenters. The number of fused-ring (bicyclic) bond motifs is 2. The number of hydrogen-bond donors (Lipinski definition) is 4. The molecule has 1 fully saturated rings. The average molecular weight is 854 g/mol. The number of H-pyrrole nitrogens is 1. The van der Waals surface area contributed by atoms with Crippen molar-refractivity contribution in [3.8, 4) is 0 Å². The minimum atomic E-state index is -5.08. The van der Waals surface area contributed by atoms with Gasteiger partial charge in [-0.1, -0.05) is 54.9 Å². The molecule has 2 amide bonds. The first-order valence-corrected chi connectivity index (χ1v) is 19.0. The van der Waals surface area contributed by atoms with E-state index in [9.17, 15) is 35.9 Å². The van der Waals surface area contributed by atoms with Crippen LogP contribution in [0.4, 0.5) is 32.0 Å². The number of aromatic nitrogens is 1. The zero-order chi connectivity index (χ0) is 43.7. The zero-order valence-corrected chi connectivity index (χ0v) is 33.2. The summed E-state index contributed by atoms with van der Waals surface area (Å²) in [5, 5.41) is 19.9. The Morgan fingerprint density at radius 1 is 0.881 bits per heavy atom. The molecule has 2 unspecified atom stereocenters. The standard InChI is InChI=1S/C37H44ClN5O2.2C2HF3O2/c1-25(32-22-39-33-12-8-7-11-31(32)33)35(40-21-26-15-17-42(18-16-26)36(44)28-9-5-4-6-10-28)37(45)43-24-27(23-41(2)3)19-29-20-30(38)13-14-34(29)43;2*3-2(4,5)1(6)7/h4-14,20,22,25-27,35,39-40H,15-19,21,23-24H2,1-3H3;2*(H,6,7)/t25?,27-,35?;;/m1../s1. The summed E-state index contributed by atoms with van der Waals surface area (Å²) in [5.74, 6) is -4.70. The summed E-state index contributed by atoms with van der Waals surface area (Å²) in [6, 6.07) is 23.3. The number of carbonyl (C=O) groups excluding carboxylic acids is 2. The number of para-hydroxylation sites is 1. The second kappa shape index (κ2) is 20.2. The van der Waals surface area contributed by atoms with Gasteiger partial charge in [0.25, 0.3) is 5.91 Å². The Morgan fingerprint density at radius 3 is 2.03 bits per heavy atom. The minimum Gasteiger partial charge on any atom is -0.475 e. The van der Waals surface area contributed by atoms with Gasteiger partial charge in [-0.2, -0.15) is 26.3 Å². The lowest BCUT2D eigenvalue weighted by Crippen LogP contribution is -2.54. The first-order chi connectivity index (χ1) is 27.7. The lowest BCUT2D eigenvalue weighted by molar-refractivity contribution is -0.193. The highest BCUT2D eigenvalue weighted by molar-refractivity contribution is 6.30. The Bertz CT molecular complexity index is 2030. The lowest BCUT2D eigenvalue weighted by atomic mass is 9.88. The number of rotatable bonds is 9. The number of carboxylic acid groups (broad SMARTS) is 2. The molecule has 59 heavy (non-hydrogen) atoms. The number of carbonyl (C=O) groups is 4. The molecule has 6 rings (SSSR count). The summed E-state index contributed by atoms with van der Waals surface area (Å²) in [6.07, 6.45) is -5.40. The van der Waals surface area contributed by atoms with Crippen LogP contribution in [0.2, 0.25) is 5.02 Å². The number of anilines is 1. The number of benzene rings is 3. The molecule has 3 heterocycles. The number of aromatic amines is 1. The first-order valence-electron chi connectivity index (χ1n) is 18.7. The van der Waals surface area contributed by atoms with E-state index in [2.05, 4.69) is 60.6 Å². The van der Waals surface area contributed by atoms with E-state index >= 15 is 0 Å². The van der Waals surface area contributed by atoms with Gasteiger partial charge in [-0.05, 0) is 99.3 Å². The van der Waals surface area contributed by atoms with Gasteiger partial charge >= 0.3 is 24.3 Å². The topological polar surface area (TPSA) is 146 Å². The molecule has 0 aliphatic carbocycles. The van der Waals surface area contributed by atoms with Crippen LogP contribution in [0.25, 0.3) is 10.9 Å². The van der Waals surface area contributed by atoms with Crippen LogP contribution in [0.1, 0.15) is 47.2 Å². The Labute approximate surface area is 341 Å². The van der Waals surface area contributed by atoms with Gasteiger partial charge in [0.05, 0.1) is 6.04 Å².